The molecule has 0 aliphatic rings. The molecule has 1 unspecified atom stereocenters. The predicted octanol–water partition coefficient (Wildman–Crippen LogP) is 3.30. The average molecular weight is 339 g/mol. The normalized spacial score (nSPS) is 12.5. The molecule has 1 amide bonds. The number of carbonyl (C=O) groups is 1. The topological polar surface area (TPSA) is 32.3 Å². The SMILES string of the molecule is CCC(C(=O)N(C)CCNC)c1cccc(C(F)(F)F)c1.Cl. The lowest BCUT2D eigenvalue weighted by Gasteiger charge is -2.23. The van der Waals surface area contributed by atoms with E-state index in [0.717, 1.165) is 12.1 Å². The van der Waals surface area contributed by atoms with Crippen molar-refractivity contribution in [2.45, 2.75) is 25.4 Å². The third-order valence-electron chi connectivity index (χ3n) is 3.40. The van der Waals surface area contributed by atoms with Crippen LogP contribution in [0, 0.1) is 0 Å². The first-order chi connectivity index (χ1) is 9.81. The van der Waals surface area contributed by atoms with Crippen molar-refractivity contribution in [2.75, 3.05) is 27.2 Å². The lowest BCUT2D eigenvalue weighted by Crippen LogP contribution is -2.36. The molecular weight excluding hydrogens is 317 g/mol. The number of alkyl halides is 3. The van der Waals surface area contributed by atoms with Crippen molar-refractivity contribution in [1.82, 2.24) is 10.2 Å². The van der Waals surface area contributed by atoms with Crippen LogP contribution in [0.1, 0.15) is 30.4 Å². The summed E-state index contributed by atoms with van der Waals surface area (Å²) in [5.41, 5.74) is -0.308. The monoisotopic (exact) mass is 338 g/mol. The van der Waals surface area contributed by atoms with Crippen LogP contribution in [-0.2, 0) is 11.0 Å². The average Bonchev–Trinajstić information content (AvgIpc) is 2.44. The van der Waals surface area contributed by atoms with Gasteiger partial charge in [0.05, 0.1) is 11.5 Å². The van der Waals surface area contributed by atoms with Gasteiger partial charge in [-0.2, -0.15) is 13.2 Å². The summed E-state index contributed by atoms with van der Waals surface area (Å²) < 4.78 is 38.3. The van der Waals surface area contributed by atoms with Gasteiger partial charge in [-0.05, 0) is 25.1 Å². The lowest BCUT2D eigenvalue weighted by atomic mass is 9.93. The van der Waals surface area contributed by atoms with Crippen LogP contribution in [-0.4, -0.2) is 38.0 Å². The van der Waals surface area contributed by atoms with Crippen molar-refractivity contribution < 1.29 is 18.0 Å². The molecule has 22 heavy (non-hydrogen) atoms. The fraction of sp³-hybridized carbons (Fsp3) is 0.533. The number of carbonyl (C=O) groups excluding carboxylic acids is 1. The van der Waals surface area contributed by atoms with E-state index in [0.29, 0.717) is 25.1 Å². The van der Waals surface area contributed by atoms with E-state index >= 15 is 0 Å². The molecule has 0 saturated heterocycles. The predicted molar refractivity (Wildman–Crippen MR) is 83.3 cm³/mol. The summed E-state index contributed by atoms with van der Waals surface area (Å²) in [6, 6.07) is 5.01. The van der Waals surface area contributed by atoms with Crippen LogP contribution in [0.5, 0.6) is 0 Å². The quantitative estimate of drug-likeness (QED) is 0.863. The Balaban J connectivity index is 0.00000441. The number of rotatable bonds is 6. The zero-order valence-electron chi connectivity index (χ0n) is 12.9. The minimum atomic E-state index is -4.39. The molecule has 1 rings (SSSR count). The summed E-state index contributed by atoms with van der Waals surface area (Å²) in [7, 11) is 3.44. The van der Waals surface area contributed by atoms with Gasteiger partial charge < -0.3 is 10.2 Å². The molecule has 1 aromatic carbocycles. The van der Waals surface area contributed by atoms with Gasteiger partial charge in [0.2, 0.25) is 5.91 Å². The van der Waals surface area contributed by atoms with Gasteiger partial charge >= 0.3 is 6.18 Å². The molecule has 0 fully saturated rings. The van der Waals surface area contributed by atoms with Gasteiger partial charge in [-0.1, -0.05) is 25.1 Å². The second kappa shape index (κ2) is 9.00. The maximum atomic E-state index is 12.8. The van der Waals surface area contributed by atoms with Gasteiger partial charge in [-0.15, -0.1) is 12.4 Å². The van der Waals surface area contributed by atoms with Crippen LogP contribution < -0.4 is 5.32 Å². The van der Waals surface area contributed by atoms with E-state index in [1.54, 1.807) is 32.0 Å². The molecule has 0 spiro atoms. The summed E-state index contributed by atoms with van der Waals surface area (Å²) in [6.45, 7) is 2.96. The van der Waals surface area contributed by atoms with Crippen LogP contribution in [0.2, 0.25) is 0 Å². The molecule has 1 atom stereocenters. The molecule has 0 bridgehead atoms. The summed E-state index contributed by atoms with van der Waals surface area (Å²) >= 11 is 0. The van der Waals surface area contributed by atoms with E-state index in [9.17, 15) is 18.0 Å². The Kier molecular flexibility index (Phi) is 8.48. The number of likely N-dealkylation sites (N-methyl/N-ethyl adjacent to an activating group) is 2. The highest BCUT2D eigenvalue weighted by Gasteiger charge is 2.32. The van der Waals surface area contributed by atoms with E-state index in [1.807, 2.05) is 0 Å². The minimum Gasteiger partial charge on any atom is -0.344 e. The van der Waals surface area contributed by atoms with Crippen molar-refractivity contribution in [3.63, 3.8) is 0 Å². The van der Waals surface area contributed by atoms with Gasteiger partial charge in [0.15, 0.2) is 0 Å². The zero-order chi connectivity index (χ0) is 16.0. The molecule has 0 aromatic heterocycles. The van der Waals surface area contributed by atoms with Crippen LogP contribution in [0.25, 0.3) is 0 Å². The second-order valence-electron chi connectivity index (χ2n) is 4.95. The van der Waals surface area contributed by atoms with Crippen molar-refractivity contribution in [3.05, 3.63) is 35.4 Å². The molecule has 0 heterocycles. The Morgan fingerprint density at radius 3 is 2.50 bits per heavy atom. The van der Waals surface area contributed by atoms with E-state index in [-0.39, 0.29) is 18.3 Å². The van der Waals surface area contributed by atoms with Gasteiger partial charge in [0.1, 0.15) is 0 Å². The number of benzene rings is 1. The molecule has 0 saturated carbocycles. The second-order valence-corrected chi connectivity index (χ2v) is 4.95. The first kappa shape index (κ1) is 20.7. The van der Waals surface area contributed by atoms with Crippen molar-refractivity contribution in [1.29, 1.82) is 0 Å². The van der Waals surface area contributed by atoms with Crippen LogP contribution in [0.4, 0.5) is 13.2 Å². The fourth-order valence-corrected chi connectivity index (χ4v) is 2.14. The third-order valence-corrected chi connectivity index (χ3v) is 3.40. The highest BCUT2D eigenvalue weighted by molar-refractivity contribution is 5.85. The molecule has 7 heteroatoms. The Bertz CT molecular complexity index is 480. The van der Waals surface area contributed by atoms with E-state index in [1.165, 1.54) is 6.07 Å². The van der Waals surface area contributed by atoms with Crippen LogP contribution in [0.3, 0.4) is 0 Å². The maximum Gasteiger partial charge on any atom is 0.416 e. The fourth-order valence-electron chi connectivity index (χ4n) is 2.14. The standard InChI is InChI=1S/C15H21F3N2O.ClH/c1-4-13(14(21)20(3)9-8-19-2)11-6-5-7-12(10-11)15(16,17)18;/h5-7,10,13,19H,4,8-9H2,1-3H3;1H. The highest BCUT2D eigenvalue weighted by atomic mass is 35.5. The molecule has 0 aliphatic carbocycles. The van der Waals surface area contributed by atoms with Crippen molar-refractivity contribution in [3.8, 4) is 0 Å². The zero-order valence-corrected chi connectivity index (χ0v) is 13.7. The van der Waals surface area contributed by atoms with Crippen LogP contribution in [0.15, 0.2) is 24.3 Å². The van der Waals surface area contributed by atoms with Crippen molar-refractivity contribution in [2.24, 2.45) is 0 Å². The number of hydrogen-bond acceptors (Lipinski definition) is 2. The first-order valence-electron chi connectivity index (χ1n) is 6.88. The van der Waals surface area contributed by atoms with Crippen molar-refractivity contribution >= 4 is 18.3 Å². The molecule has 126 valence electrons. The third kappa shape index (κ3) is 5.50. The Morgan fingerprint density at radius 2 is 2.00 bits per heavy atom. The van der Waals surface area contributed by atoms with E-state index in [4.69, 9.17) is 0 Å². The number of hydrogen-bond donors (Lipinski definition) is 1. The molecular formula is C15H22ClF3N2O. The van der Waals surface area contributed by atoms with Gasteiger partial charge in [0.25, 0.3) is 0 Å². The lowest BCUT2D eigenvalue weighted by molar-refractivity contribution is -0.138. The van der Waals surface area contributed by atoms with E-state index in [2.05, 4.69) is 5.32 Å². The number of nitrogens with one attached hydrogen (secondary N) is 1. The molecule has 1 aromatic rings. The molecule has 0 radical (unpaired) electrons. The number of nitrogens with zero attached hydrogens (tertiary/aromatic N) is 1. The first-order valence-corrected chi connectivity index (χ1v) is 6.88. The van der Waals surface area contributed by atoms with E-state index < -0.39 is 17.7 Å². The highest BCUT2D eigenvalue weighted by Crippen LogP contribution is 2.32. The Labute approximate surface area is 135 Å². The number of halogens is 4. The summed E-state index contributed by atoms with van der Waals surface area (Å²) in [5.74, 6) is -0.707. The summed E-state index contributed by atoms with van der Waals surface area (Å²) in [5, 5.41) is 2.94. The Hall–Kier alpha value is -1.27. The molecule has 0 aliphatic heterocycles. The Morgan fingerprint density at radius 1 is 1.36 bits per heavy atom. The van der Waals surface area contributed by atoms with Gasteiger partial charge in [-0.25, -0.2) is 0 Å². The largest absolute Gasteiger partial charge is 0.416 e. The number of amides is 1. The van der Waals surface area contributed by atoms with Crippen LogP contribution >= 0.6 is 12.4 Å². The smallest absolute Gasteiger partial charge is 0.344 e. The minimum absolute atomic E-state index is 0. The summed E-state index contributed by atoms with van der Waals surface area (Å²) in [4.78, 5) is 13.9. The molecule has 1 N–H and O–H groups in total. The van der Waals surface area contributed by atoms with Gasteiger partial charge in [0, 0.05) is 20.1 Å². The summed E-state index contributed by atoms with van der Waals surface area (Å²) in [6.07, 6.45) is -3.93. The van der Waals surface area contributed by atoms with Gasteiger partial charge in [-0.3, -0.25) is 4.79 Å². The molecule has 3 nitrogen and oxygen atoms in total. The maximum absolute atomic E-state index is 12.8.